The topological polar surface area (TPSA) is 85.2 Å². The third kappa shape index (κ3) is 4.30. The molecule has 1 aliphatic heterocycles. The Kier molecular flexibility index (Phi) is 4.95. The van der Waals surface area contributed by atoms with Crippen LogP contribution in [0.1, 0.15) is 49.9 Å². The molecule has 3 rings (SSSR count). The zero-order valence-electron chi connectivity index (χ0n) is 16.4. The van der Waals surface area contributed by atoms with Gasteiger partial charge in [-0.15, -0.1) is 0 Å². The first kappa shape index (κ1) is 18.9. The molecule has 0 saturated carbocycles. The summed E-state index contributed by atoms with van der Waals surface area (Å²) in [6.45, 7) is 7.70. The van der Waals surface area contributed by atoms with E-state index in [1.54, 1.807) is 4.68 Å². The largest absolute Gasteiger partial charge is 0.484 e. The highest BCUT2D eigenvalue weighted by Gasteiger charge is 2.31. The van der Waals surface area contributed by atoms with Gasteiger partial charge in [0.25, 0.3) is 5.91 Å². The number of anilines is 1. The second-order valence-corrected chi connectivity index (χ2v) is 7.93. The van der Waals surface area contributed by atoms with Crippen LogP contribution in [0.5, 0.6) is 5.75 Å². The van der Waals surface area contributed by atoms with Crippen LogP contribution in [0.2, 0.25) is 0 Å². The van der Waals surface area contributed by atoms with Gasteiger partial charge >= 0.3 is 0 Å². The molecule has 0 saturated heterocycles. The van der Waals surface area contributed by atoms with E-state index in [0.717, 1.165) is 22.6 Å². The zero-order valence-corrected chi connectivity index (χ0v) is 16.4. The van der Waals surface area contributed by atoms with E-state index in [4.69, 9.17) is 4.74 Å². The molecule has 2 heterocycles. The van der Waals surface area contributed by atoms with Crippen LogP contribution in [0.25, 0.3) is 0 Å². The summed E-state index contributed by atoms with van der Waals surface area (Å²) in [5.41, 5.74) is 2.70. The van der Waals surface area contributed by atoms with Crippen LogP contribution < -0.4 is 15.4 Å². The van der Waals surface area contributed by atoms with Crippen molar-refractivity contribution in [3.63, 3.8) is 0 Å². The Morgan fingerprint density at radius 1 is 1.33 bits per heavy atom. The number of ether oxygens (including phenoxy) is 1. The summed E-state index contributed by atoms with van der Waals surface area (Å²) in [6.07, 6.45) is 0.383. The van der Waals surface area contributed by atoms with E-state index in [1.807, 2.05) is 59.0 Å². The predicted molar refractivity (Wildman–Crippen MR) is 103 cm³/mol. The number of fused-ring (bicyclic) bond motifs is 1. The molecule has 1 aromatic carbocycles. The molecule has 7 nitrogen and oxygen atoms in total. The van der Waals surface area contributed by atoms with Crippen molar-refractivity contribution in [2.24, 2.45) is 7.05 Å². The number of hydrogen-bond acceptors (Lipinski definition) is 4. The zero-order chi connectivity index (χ0) is 19.8. The number of carbonyl (C=O) groups excluding carboxylic acids is 2. The maximum Gasteiger partial charge on any atom is 0.258 e. The van der Waals surface area contributed by atoms with Gasteiger partial charge in [-0.25, -0.2) is 0 Å². The number of rotatable bonds is 4. The monoisotopic (exact) mass is 370 g/mol. The van der Waals surface area contributed by atoms with Crippen LogP contribution in [0.3, 0.4) is 0 Å². The van der Waals surface area contributed by atoms with Gasteiger partial charge in [0.05, 0.1) is 5.69 Å². The van der Waals surface area contributed by atoms with Crippen molar-refractivity contribution in [2.45, 2.75) is 45.6 Å². The smallest absolute Gasteiger partial charge is 0.258 e. The molecule has 2 aromatic rings. The molecule has 0 spiro atoms. The highest BCUT2D eigenvalue weighted by atomic mass is 16.5. The average Bonchev–Trinajstić information content (AvgIpc) is 2.85. The lowest BCUT2D eigenvalue weighted by atomic mass is 9.86. The fraction of sp³-hybridized carbons (Fsp3) is 0.450. The first-order valence-electron chi connectivity index (χ1n) is 9.01. The van der Waals surface area contributed by atoms with Crippen LogP contribution in [0.4, 0.5) is 5.82 Å². The van der Waals surface area contributed by atoms with Gasteiger partial charge in [-0.3, -0.25) is 14.3 Å². The molecule has 1 atom stereocenters. The van der Waals surface area contributed by atoms with Gasteiger partial charge in [-0.05, 0) is 45.4 Å². The molecular formula is C20H26N4O3. The number of nitrogens with one attached hydrogen (secondary N) is 2. The Bertz CT molecular complexity index is 863. The molecule has 2 amide bonds. The minimum atomic E-state index is -0.287. The van der Waals surface area contributed by atoms with Crippen LogP contribution in [0.15, 0.2) is 24.3 Å². The molecule has 27 heavy (non-hydrogen) atoms. The predicted octanol–water partition coefficient (Wildman–Crippen LogP) is 2.50. The quantitative estimate of drug-likeness (QED) is 0.866. The lowest BCUT2D eigenvalue weighted by Gasteiger charge is -2.24. The van der Waals surface area contributed by atoms with Crippen molar-refractivity contribution in [1.29, 1.82) is 0 Å². The van der Waals surface area contributed by atoms with Gasteiger partial charge in [-0.2, -0.15) is 5.10 Å². The molecule has 1 aliphatic rings. The van der Waals surface area contributed by atoms with Crippen molar-refractivity contribution < 1.29 is 14.3 Å². The number of aryl methyl sites for hydroxylation is 2. The van der Waals surface area contributed by atoms with Gasteiger partial charge in [0.2, 0.25) is 5.91 Å². The lowest BCUT2D eigenvalue weighted by Crippen LogP contribution is -2.43. The minimum Gasteiger partial charge on any atom is -0.484 e. The third-order valence-electron chi connectivity index (χ3n) is 4.43. The Balaban J connectivity index is 1.73. The maximum absolute atomic E-state index is 12.1. The molecule has 0 fully saturated rings. The summed E-state index contributed by atoms with van der Waals surface area (Å²) in [7, 11) is 1.83. The van der Waals surface area contributed by atoms with Gasteiger partial charge in [0.1, 0.15) is 11.6 Å². The van der Waals surface area contributed by atoms with Gasteiger partial charge < -0.3 is 15.4 Å². The number of aromatic nitrogens is 2. The van der Waals surface area contributed by atoms with Gasteiger partial charge in [-0.1, -0.05) is 12.1 Å². The van der Waals surface area contributed by atoms with Gasteiger partial charge in [0.15, 0.2) is 6.61 Å². The summed E-state index contributed by atoms with van der Waals surface area (Å²) in [6, 6.07) is 7.54. The Hall–Kier alpha value is -2.83. The Morgan fingerprint density at radius 2 is 2.00 bits per heavy atom. The maximum atomic E-state index is 12.1. The van der Waals surface area contributed by atoms with E-state index >= 15 is 0 Å². The van der Waals surface area contributed by atoms with E-state index in [9.17, 15) is 9.59 Å². The lowest BCUT2D eigenvalue weighted by molar-refractivity contribution is -0.124. The van der Waals surface area contributed by atoms with Crippen molar-refractivity contribution in [1.82, 2.24) is 15.1 Å². The van der Waals surface area contributed by atoms with E-state index in [-0.39, 0.29) is 29.9 Å². The first-order chi connectivity index (χ1) is 12.6. The number of benzene rings is 1. The average molecular weight is 370 g/mol. The van der Waals surface area contributed by atoms with E-state index in [1.165, 1.54) is 0 Å². The molecule has 144 valence electrons. The molecule has 7 heteroatoms. The summed E-state index contributed by atoms with van der Waals surface area (Å²) >= 11 is 0. The van der Waals surface area contributed by atoms with Crippen molar-refractivity contribution >= 4 is 17.6 Å². The fourth-order valence-electron chi connectivity index (χ4n) is 3.39. The minimum absolute atomic E-state index is 0.0188. The van der Waals surface area contributed by atoms with Crippen LogP contribution in [0, 0.1) is 6.92 Å². The van der Waals surface area contributed by atoms with E-state index in [0.29, 0.717) is 12.2 Å². The number of nitrogens with zero attached hydrogens (tertiary/aromatic N) is 2. The Morgan fingerprint density at radius 3 is 2.63 bits per heavy atom. The van der Waals surface area contributed by atoms with Crippen LogP contribution in [-0.2, 0) is 16.6 Å². The van der Waals surface area contributed by atoms with Crippen molar-refractivity contribution in [3.8, 4) is 5.75 Å². The first-order valence-corrected chi connectivity index (χ1v) is 9.01. The number of carbonyl (C=O) groups is 2. The third-order valence-corrected chi connectivity index (χ3v) is 4.43. The van der Waals surface area contributed by atoms with E-state index in [2.05, 4.69) is 15.7 Å². The number of hydrogen-bond donors (Lipinski definition) is 2. The van der Waals surface area contributed by atoms with Crippen LogP contribution in [-0.4, -0.2) is 33.7 Å². The fourth-order valence-corrected chi connectivity index (χ4v) is 3.39. The second kappa shape index (κ2) is 7.06. The molecule has 0 radical (unpaired) electrons. The molecule has 0 unspecified atom stereocenters. The highest BCUT2D eigenvalue weighted by molar-refractivity contribution is 5.94. The summed E-state index contributed by atoms with van der Waals surface area (Å²) in [4.78, 5) is 24.0. The highest BCUT2D eigenvalue weighted by Crippen LogP contribution is 2.39. The molecule has 2 N–H and O–H groups in total. The number of amides is 2. The summed E-state index contributed by atoms with van der Waals surface area (Å²) in [5.74, 6) is 1.15. The molecular weight excluding hydrogens is 344 g/mol. The summed E-state index contributed by atoms with van der Waals surface area (Å²) < 4.78 is 7.28. The normalized spacial score (nSPS) is 16.5. The van der Waals surface area contributed by atoms with E-state index < -0.39 is 0 Å². The van der Waals surface area contributed by atoms with Gasteiger partial charge in [0, 0.05) is 30.5 Å². The molecule has 0 bridgehead atoms. The summed E-state index contributed by atoms with van der Waals surface area (Å²) in [5, 5.41) is 10.2. The molecule has 0 aliphatic carbocycles. The molecule has 1 aromatic heterocycles. The van der Waals surface area contributed by atoms with Crippen LogP contribution >= 0.6 is 0 Å². The standard InChI is InChI=1S/C20H26N4O3/c1-12-18-15(10-16(25)21-19(18)24(5)23-12)13-6-8-14(9-7-13)27-11-17(26)22-20(2,3)4/h6-9,15H,10-11H2,1-5H3,(H,21,25)(H,22,26)/t15-/m1/s1. The van der Waals surface area contributed by atoms with Crippen molar-refractivity contribution in [3.05, 3.63) is 41.1 Å². The van der Waals surface area contributed by atoms with Crippen molar-refractivity contribution in [2.75, 3.05) is 11.9 Å². The SMILES string of the molecule is Cc1nn(C)c2c1[C@@H](c1ccc(OCC(=O)NC(C)(C)C)cc1)CC(=O)N2. The Labute approximate surface area is 159 Å². The second-order valence-electron chi connectivity index (χ2n) is 7.93.